The lowest BCUT2D eigenvalue weighted by Crippen LogP contribution is -2.31. The van der Waals surface area contributed by atoms with E-state index < -0.39 is 0 Å². The molecule has 0 saturated carbocycles. The molecule has 0 fully saturated rings. The Hall–Kier alpha value is -3.41. The summed E-state index contributed by atoms with van der Waals surface area (Å²) < 4.78 is 6.91. The first-order valence-electron chi connectivity index (χ1n) is 11.1. The molecule has 4 aromatic carbocycles. The largest absolute Gasteiger partial charge is 0.493 e. The molecule has 1 aromatic heterocycles. The summed E-state index contributed by atoms with van der Waals surface area (Å²) in [5.41, 5.74) is 3.29. The Balaban J connectivity index is 1.69. The topological polar surface area (TPSA) is 42.4 Å². The van der Waals surface area contributed by atoms with Crippen LogP contribution in [0.4, 0.5) is 5.13 Å². The van der Waals surface area contributed by atoms with Gasteiger partial charge in [-0.05, 0) is 53.9 Å². The zero-order chi connectivity index (χ0) is 23.7. The Bertz CT molecular complexity index is 1500. The van der Waals surface area contributed by atoms with Crippen LogP contribution in [0.15, 0.2) is 78.9 Å². The van der Waals surface area contributed by atoms with Crippen molar-refractivity contribution < 1.29 is 9.53 Å². The number of ether oxygens (including phenoxy) is 1. The van der Waals surface area contributed by atoms with Gasteiger partial charge in [0.25, 0.3) is 5.91 Å². The Kier molecular flexibility index (Phi) is 6.22. The number of amides is 1. The van der Waals surface area contributed by atoms with Crippen LogP contribution in [-0.4, -0.2) is 17.5 Å². The summed E-state index contributed by atoms with van der Waals surface area (Å²) in [6, 6.07) is 25.5. The van der Waals surface area contributed by atoms with Crippen LogP contribution in [0, 0.1) is 6.92 Å². The third-order valence-corrected chi connectivity index (χ3v) is 7.25. The molecule has 0 bridgehead atoms. The third-order valence-electron chi connectivity index (χ3n) is 5.80. The predicted octanol–water partition coefficient (Wildman–Crippen LogP) is 7.66. The van der Waals surface area contributed by atoms with Gasteiger partial charge in [0.1, 0.15) is 5.75 Å². The number of hydrogen-bond donors (Lipinski definition) is 0. The smallest absolute Gasteiger partial charge is 0.264 e. The standard InChI is InChI=1S/C28H23ClN2O2S/c1-3-33-23-15-13-20-11-7-8-12-21(20)25(23)27(32)31(17-19-9-5-4-6-10-19)28-30-26-18(2)22(29)14-16-24(26)34-28/h4-16H,3,17H2,1-2H3. The molecule has 5 rings (SSSR count). The number of fused-ring (bicyclic) bond motifs is 2. The van der Waals surface area contributed by atoms with Crippen molar-refractivity contribution in [2.75, 3.05) is 11.5 Å². The molecule has 0 saturated heterocycles. The van der Waals surface area contributed by atoms with Gasteiger partial charge in [-0.2, -0.15) is 0 Å². The fourth-order valence-corrected chi connectivity index (χ4v) is 5.25. The molecule has 5 aromatic rings. The SMILES string of the molecule is CCOc1ccc2ccccc2c1C(=O)N(Cc1ccccc1)c1nc2c(C)c(Cl)ccc2s1. The highest BCUT2D eigenvalue weighted by molar-refractivity contribution is 7.22. The summed E-state index contributed by atoms with van der Waals surface area (Å²) in [5, 5.41) is 3.14. The van der Waals surface area contributed by atoms with E-state index in [2.05, 4.69) is 0 Å². The van der Waals surface area contributed by atoms with Crippen LogP contribution in [0.5, 0.6) is 5.75 Å². The third kappa shape index (κ3) is 4.13. The average Bonchev–Trinajstić information content (AvgIpc) is 3.30. The van der Waals surface area contributed by atoms with Gasteiger partial charge in [-0.1, -0.05) is 83.6 Å². The van der Waals surface area contributed by atoms with Crippen molar-refractivity contribution in [3.63, 3.8) is 0 Å². The minimum absolute atomic E-state index is 0.146. The van der Waals surface area contributed by atoms with Crippen LogP contribution in [-0.2, 0) is 6.54 Å². The van der Waals surface area contributed by atoms with Crippen molar-refractivity contribution in [2.24, 2.45) is 0 Å². The lowest BCUT2D eigenvalue weighted by molar-refractivity contribution is 0.0983. The van der Waals surface area contributed by atoms with E-state index in [0.717, 1.165) is 32.1 Å². The van der Waals surface area contributed by atoms with Crippen molar-refractivity contribution >= 4 is 55.0 Å². The number of aryl methyl sites for hydroxylation is 1. The van der Waals surface area contributed by atoms with Gasteiger partial charge in [0.05, 0.1) is 28.9 Å². The Morgan fingerprint density at radius 3 is 2.56 bits per heavy atom. The molecule has 0 unspecified atom stereocenters. The molecule has 34 heavy (non-hydrogen) atoms. The van der Waals surface area contributed by atoms with Gasteiger partial charge in [-0.3, -0.25) is 9.69 Å². The second-order valence-corrected chi connectivity index (χ2v) is 9.40. The van der Waals surface area contributed by atoms with Crippen LogP contribution in [0.3, 0.4) is 0 Å². The number of aromatic nitrogens is 1. The molecule has 1 heterocycles. The van der Waals surface area contributed by atoms with E-state index in [9.17, 15) is 4.79 Å². The number of hydrogen-bond acceptors (Lipinski definition) is 4. The summed E-state index contributed by atoms with van der Waals surface area (Å²) in [6.45, 7) is 4.73. The normalized spacial score (nSPS) is 11.1. The molecule has 0 aliphatic rings. The summed E-state index contributed by atoms with van der Waals surface area (Å²) >= 11 is 7.84. The number of nitrogens with zero attached hydrogens (tertiary/aromatic N) is 2. The maximum atomic E-state index is 14.3. The van der Waals surface area contributed by atoms with E-state index in [1.54, 1.807) is 4.90 Å². The van der Waals surface area contributed by atoms with Crippen LogP contribution in [0.2, 0.25) is 5.02 Å². The lowest BCUT2D eigenvalue weighted by atomic mass is 10.0. The Morgan fingerprint density at radius 2 is 1.76 bits per heavy atom. The number of carbonyl (C=O) groups is 1. The number of anilines is 1. The van der Waals surface area contributed by atoms with Gasteiger partial charge in [0.15, 0.2) is 5.13 Å². The highest BCUT2D eigenvalue weighted by atomic mass is 35.5. The van der Waals surface area contributed by atoms with E-state index in [0.29, 0.717) is 34.6 Å². The summed E-state index contributed by atoms with van der Waals surface area (Å²) in [5.74, 6) is 0.427. The first-order valence-corrected chi connectivity index (χ1v) is 12.3. The van der Waals surface area contributed by atoms with E-state index in [1.165, 1.54) is 11.3 Å². The Morgan fingerprint density at radius 1 is 1.00 bits per heavy atom. The van der Waals surface area contributed by atoms with Crippen molar-refractivity contribution in [1.29, 1.82) is 0 Å². The number of carbonyl (C=O) groups excluding carboxylic acids is 1. The molecule has 0 atom stereocenters. The molecule has 4 nitrogen and oxygen atoms in total. The van der Waals surface area contributed by atoms with Gasteiger partial charge >= 0.3 is 0 Å². The van der Waals surface area contributed by atoms with Crippen LogP contribution in [0.25, 0.3) is 21.0 Å². The van der Waals surface area contributed by atoms with Gasteiger partial charge < -0.3 is 4.74 Å². The zero-order valence-corrected chi connectivity index (χ0v) is 20.5. The lowest BCUT2D eigenvalue weighted by Gasteiger charge is -2.22. The molecule has 0 N–H and O–H groups in total. The van der Waals surface area contributed by atoms with Crippen molar-refractivity contribution in [3.05, 3.63) is 101 Å². The minimum Gasteiger partial charge on any atom is -0.493 e. The number of thiazole rings is 1. The monoisotopic (exact) mass is 486 g/mol. The van der Waals surface area contributed by atoms with E-state index in [1.807, 2.05) is 92.7 Å². The van der Waals surface area contributed by atoms with Gasteiger partial charge in [-0.15, -0.1) is 0 Å². The maximum Gasteiger partial charge on any atom is 0.264 e. The molecule has 1 amide bonds. The molecule has 0 aliphatic heterocycles. The summed E-state index contributed by atoms with van der Waals surface area (Å²) in [4.78, 5) is 20.9. The van der Waals surface area contributed by atoms with Crippen molar-refractivity contribution in [3.8, 4) is 5.75 Å². The Labute approximate surface area is 207 Å². The fraction of sp³-hybridized carbons (Fsp3) is 0.143. The predicted molar refractivity (Wildman–Crippen MR) is 141 cm³/mol. The second-order valence-electron chi connectivity index (χ2n) is 7.99. The molecular formula is C28H23ClN2O2S. The zero-order valence-electron chi connectivity index (χ0n) is 18.9. The minimum atomic E-state index is -0.146. The van der Waals surface area contributed by atoms with Crippen LogP contribution in [0.1, 0.15) is 28.4 Å². The van der Waals surface area contributed by atoms with Gasteiger partial charge in [0, 0.05) is 5.02 Å². The molecular weight excluding hydrogens is 464 g/mol. The highest BCUT2D eigenvalue weighted by Crippen LogP contribution is 2.37. The van der Waals surface area contributed by atoms with Crippen LogP contribution >= 0.6 is 22.9 Å². The van der Waals surface area contributed by atoms with Gasteiger partial charge in [-0.25, -0.2) is 4.98 Å². The number of rotatable bonds is 6. The quantitative estimate of drug-likeness (QED) is 0.247. The van der Waals surface area contributed by atoms with E-state index >= 15 is 0 Å². The van der Waals surface area contributed by atoms with E-state index in [4.69, 9.17) is 21.3 Å². The average molecular weight is 487 g/mol. The molecule has 0 aliphatic carbocycles. The summed E-state index contributed by atoms with van der Waals surface area (Å²) in [7, 11) is 0. The first kappa shape index (κ1) is 22.4. The number of halogens is 1. The van der Waals surface area contributed by atoms with Crippen LogP contribution < -0.4 is 9.64 Å². The van der Waals surface area contributed by atoms with Crippen molar-refractivity contribution in [1.82, 2.24) is 4.98 Å². The molecule has 0 radical (unpaired) electrons. The van der Waals surface area contributed by atoms with Gasteiger partial charge in [0.2, 0.25) is 0 Å². The summed E-state index contributed by atoms with van der Waals surface area (Å²) in [6.07, 6.45) is 0. The number of benzene rings is 4. The fourth-order valence-electron chi connectivity index (χ4n) is 4.08. The molecule has 170 valence electrons. The second kappa shape index (κ2) is 9.45. The highest BCUT2D eigenvalue weighted by Gasteiger charge is 2.27. The molecule has 6 heteroatoms. The van der Waals surface area contributed by atoms with E-state index in [-0.39, 0.29) is 5.91 Å². The first-order chi connectivity index (χ1) is 16.6. The van der Waals surface area contributed by atoms with Crippen molar-refractivity contribution in [2.45, 2.75) is 20.4 Å². The maximum absolute atomic E-state index is 14.3. The molecule has 0 spiro atoms.